The minimum Gasteiger partial charge on any atom is -0.506 e. The number of nitrogens with two attached hydrogens (primary N) is 1. The zero-order valence-electron chi connectivity index (χ0n) is 9.34. The number of benzene rings is 1. The molecular formula is C13H14N2O2. The van der Waals surface area contributed by atoms with Crippen LogP contribution in [0.25, 0.3) is 0 Å². The predicted molar refractivity (Wildman–Crippen MR) is 66.0 cm³/mol. The van der Waals surface area contributed by atoms with Gasteiger partial charge in [0, 0.05) is 18.8 Å². The number of pyridine rings is 1. The van der Waals surface area contributed by atoms with Gasteiger partial charge >= 0.3 is 0 Å². The lowest BCUT2D eigenvalue weighted by Crippen LogP contribution is -2.03. The average molecular weight is 230 g/mol. The zero-order valence-corrected chi connectivity index (χ0v) is 9.34. The summed E-state index contributed by atoms with van der Waals surface area (Å²) in [5.41, 5.74) is 7.05. The van der Waals surface area contributed by atoms with Crippen molar-refractivity contribution in [2.75, 3.05) is 12.3 Å². The largest absolute Gasteiger partial charge is 0.506 e. The van der Waals surface area contributed by atoms with Crippen LogP contribution >= 0.6 is 0 Å². The van der Waals surface area contributed by atoms with Gasteiger partial charge < -0.3 is 15.6 Å². The second-order valence-corrected chi connectivity index (χ2v) is 3.65. The monoisotopic (exact) mass is 230 g/mol. The van der Waals surface area contributed by atoms with Gasteiger partial charge in [-0.25, -0.2) is 0 Å². The molecule has 0 aliphatic carbocycles. The summed E-state index contributed by atoms with van der Waals surface area (Å²) in [4.78, 5) is 4.02. The van der Waals surface area contributed by atoms with Crippen molar-refractivity contribution >= 4 is 5.69 Å². The molecule has 0 radical (unpaired) electrons. The van der Waals surface area contributed by atoms with Crippen LogP contribution in [0.1, 0.15) is 5.56 Å². The van der Waals surface area contributed by atoms with E-state index in [4.69, 9.17) is 10.5 Å². The molecule has 2 aromatic rings. The fourth-order valence-corrected chi connectivity index (χ4v) is 1.48. The number of hydrogen-bond acceptors (Lipinski definition) is 4. The molecule has 4 heteroatoms. The van der Waals surface area contributed by atoms with Crippen LogP contribution in [-0.4, -0.2) is 16.7 Å². The van der Waals surface area contributed by atoms with Gasteiger partial charge in [-0.2, -0.15) is 0 Å². The van der Waals surface area contributed by atoms with E-state index >= 15 is 0 Å². The number of para-hydroxylation sites is 1. The van der Waals surface area contributed by atoms with Crippen LogP contribution in [0.4, 0.5) is 5.69 Å². The van der Waals surface area contributed by atoms with Crippen molar-refractivity contribution in [2.24, 2.45) is 0 Å². The summed E-state index contributed by atoms with van der Waals surface area (Å²) in [6, 6.07) is 8.84. The third-order valence-electron chi connectivity index (χ3n) is 2.41. The molecule has 0 amide bonds. The number of hydrogen-bond donors (Lipinski definition) is 2. The molecule has 0 bridgehead atoms. The van der Waals surface area contributed by atoms with Crippen LogP contribution in [0.2, 0.25) is 0 Å². The van der Waals surface area contributed by atoms with E-state index in [1.807, 2.05) is 12.1 Å². The second-order valence-electron chi connectivity index (χ2n) is 3.65. The summed E-state index contributed by atoms with van der Waals surface area (Å²) in [6.07, 6.45) is 4.29. The summed E-state index contributed by atoms with van der Waals surface area (Å²) in [5, 5.41) is 9.40. The van der Waals surface area contributed by atoms with Crippen molar-refractivity contribution in [1.82, 2.24) is 4.98 Å². The number of phenolic OH excluding ortho intramolecular Hbond substituents is 1. The first-order valence-electron chi connectivity index (χ1n) is 5.36. The van der Waals surface area contributed by atoms with Crippen LogP contribution in [-0.2, 0) is 6.42 Å². The van der Waals surface area contributed by atoms with E-state index in [-0.39, 0.29) is 11.4 Å². The summed E-state index contributed by atoms with van der Waals surface area (Å²) in [7, 11) is 0. The number of aromatic nitrogens is 1. The highest BCUT2D eigenvalue weighted by atomic mass is 16.5. The molecule has 1 heterocycles. The Morgan fingerprint density at radius 3 is 2.88 bits per heavy atom. The lowest BCUT2D eigenvalue weighted by molar-refractivity contribution is 0.322. The maximum absolute atomic E-state index is 9.40. The predicted octanol–water partition coefficient (Wildman–Crippen LogP) is 1.99. The number of ether oxygens (including phenoxy) is 1. The van der Waals surface area contributed by atoms with Gasteiger partial charge in [-0.05, 0) is 23.8 Å². The van der Waals surface area contributed by atoms with Crippen LogP contribution in [0, 0.1) is 0 Å². The quantitative estimate of drug-likeness (QED) is 0.622. The van der Waals surface area contributed by atoms with Gasteiger partial charge in [-0.1, -0.05) is 12.1 Å². The molecule has 1 aromatic heterocycles. The van der Waals surface area contributed by atoms with Crippen molar-refractivity contribution in [2.45, 2.75) is 6.42 Å². The molecule has 0 unspecified atom stereocenters. The molecule has 0 aliphatic heterocycles. The van der Waals surface area contributed by atoms with E-state index in [0.29, 0.717) is 12.4 Å². The molecule has 0 spiro atoms. The van der Waals surface area contributed by atoms with Crippen molar-refractivity contribution in [3.8, 4) is 11.5 Å². The minimum atomic E-state index is 0.0453. The zero-order chi connectivity index (χ0) is 12.1. The van der Waals surface area contributed by atoms with E-state index in [2.05, 4.69) is 4.98 Å². The molecule has 0 saturated carbocycles. The first kappa shape index (κ1) is 11.3. The Hall–Kier alpha value is -2.23. The van der Waals surface area contributed by atoms with E-state index < -0.39 is 0 Å². The minimum absolute atomic E-state index is 0.0453. The Balaban J connectivity index is 1.93. The molecule has 0 atom stereocenters. The normalized spacial score (nSPS) is 10.1. The molecule has 2 rings (SSSR count). The second kappa shape index (κ2) is 5.21. The third kappa shape index (κ3) is 2.87. The van der Waals surface area contributed by atoms with Crippen LogP contribution in [0.5, 0.6) is 11.5 Å². The number of rotatable bonds is 4. The number of nitrogen functional groups attached to an aromatic ring is 1. The molecule has 17 heavy (non-hydrogen) atoms. The SMILES string of the molecule is Nc1c(O)cccc1OCCc1cccnc1. The summed E-state index contributed by atoms with van der Waals surface area (Å²) >= 11 is 0. The highest BCUT2D eigenvalue weighted by Gasteiger charge is 2.04. The van der Waals surface area contributed by atoms with Gasteiger partial charge in [0.05, 0.1) is 6.61 Å². The van der Waals surface area contributed by atoms with Crippen LogP contribution < -0.4 is 10.5 Å². The van der Waals surface area contributed by atoms with Gasteiger partial charge in [-0.3, -0.25) is 4.98 Å². The Morgan fingerprint density at radius 1 is 1.24 bits per heavy atom. The number of nitrogens with zero attached hydrogens (tertiary/aromatic N) is 1. The van der Waals surface area contributed by atoms with Gasteiger partial charge in [0.2, 0.25) is 0 Å². The smallest absolute Gasteiger partial charge is 0.146 e. The fourth-order valence-electron chi connectivity index (χ4n) is 1.48. The molecule has 88 valence electrons. The molecule has 1 aromatic carbocycles. The topological polar surface area (TPSA) is 68.4 Å². The molecule has 4 nitrogen and oxygen atoms in total. The highest BCUT2D eigenvalue weighted by Crippen LogP contribution is 2.29. The van der Waals surface area contributed by atoms with Gasteiger partial charge in [0.25, 0.3) is 0 Å². The standard InChI is InChI=1S/C13H14N2O2/c14-13-11(16)4-1-5-12(13)17-8-6-10-3-2-7-15-9-10/h1-5,7,9,16H,6,8,14H2. The van der Waals surface area contributed by atoms with E-state index in [9.17, 15) is 5.11 Å². The lowest BCUT2D eigenvalue weighted by Gasteiger charge is -2.09. The Labute approximate surface area is 99.7 Å². The number of phenols is 1. The third-order valence-corrected chi connectivity index (χ3v) is 2.41. The fraction of sp³-hybridized carbons (Fsp3) is 0.154. The van der Waals surface area contributed by atoms with Crippen molar-refractivity contribution in [3.63, 3.8) is 0 Å². The summed E-state index contributed by atoms with van der Waals surface area (Å²) in [6.45, 7) is 0.499. The molecule has 0 fully saturated rings. The molecule has 0 aliphatic rings. The Kier molecular flexibility index (Phi) is 3.45. The van der Waals surface area contributed by atoms with Gasteiger partial charge in [0.1, 0.15) is 17.2 Å². The Bertz CT molecular complexity index is 486. The average Bonchev–Trinajstić information content (AvgIpc) is 2.36. The lowest BCUT2D eigenvalue weighted by atomic mass is 10.2. The summed E-state index contributed by atoms with van der Waals surface area (Å²) in [5.74, 6) is 0.553. The van der Waals surface area contributed by atoms with Gasteiger partial charge in [0.15, 0.2) is 0 Å². The van der Waals surface area contributed by atoms with Crippen molar-refractivity contribution < 1.29 is 9.84 Å². The van der Waals surface area contributed by atoms with Crippen molar-refractivity contribution in [3.05, 3.63) is 48.3 Å². The molecule has 0 saturated heterocycles. The van der Waals surface area contributed by atoms with Crippen LogP contribution in [0.15, 0.2) is 42.7 Å². The van der Waals surface area contributed by atoms with Gasteiger partial charge in [-0.15, -0.1) is 0 Å². The van der Waals surface area contributed by atoms with Crippen LogP contribution in [0.3, 0.4) is 0 Å². The highest BCUT2D eigenvalue weighted by molar-refractivity contribution is 5.61. The maximum Gasteiger partial charge on any atom is 0.146 e. The number of anilines is 1. The molecule has 3 N–H and O–H groups in total. The first-order valence-corrected chi connectivity index (χ1v) is 5.36. The Morgan fingerprint density at radius 2 is 2.12 bits per heavy atom. The maximum atomic E-state index is 9.40. The van der Waals surface area contributed by atoms with E-state index in [1.165, 1.54) is 6.07 Å². The number of aromatic hydroxyl groups is 1. The molecular weight excluding hydrogens is 216 g/mol. The van der Waals surface area contributed by atoms with E-state index in [1.54, 1.807) is 24.5 Å². The first-order chi connectivity index (χ1) is 8.27. The summed E-state index contributed by atoms with van der Waals surface area (Å²) < 4.78 is 5.51. The van der Waals surface area contributed by atoms with E-state index in [0.717, 1.165) is 12.0 Å². The van der Waals surface area contributed by atoms with Crippen molar-refractivity contribution in [1.29, 1.82) is 0 Å².